The number of nitrogens with zero attached hydrogens (tertiary/aromatic N) is 2. The van der Waals surface area contributed by atoms with E-state index in [1.807, 2.05) is 55.5 Å². The zero-order valence-corrected chi connectivity index (χ0v) is 19.5. The van der Waals surface area contributed by atoms with Crippen molar-refractivity contribution >= 4 is 11.6 Å². The summed E-state index contributed by atoms with van der Waals surface area (Å²) in [7, 11) is 1.58. The molecule has 4 aromatic rings. The van der Waals surface area contributed by atoms with Crippen LogP contribution < -0.4 is 25.1 Å². The molecule has 2 heterocycles. The first-order valence-corrected chi connectivity index (χ1v) is 11.4. The molecule has 0 spiro atoms. The second kappa shape index (κ2) is 9.42. The third-order valence-electron chi connectivity index (χ3n) is 5.78. The molecule has 3 aromatic carbocycles. The molecule has 0 radical (unpaired) electrons. The van der Waals surface area contributed by atoms with Crippen molar-refractivity contribution in [3.05, 3.63) is 94.3 Å². The van der Waals surface area contributed by atoms with E-state index >= 15 is 0 Å². The number of hydrogen-bond acceptors (Lipinski definition) is 5. The summed E-state index contributed by atoms with van der Waals surface area (Å²) in [5.41, 5.74) is 2.39. The van der Waals surface area contributed by atoms with E-state index in [9.17, 15) is 9.59 Å². The SMILES string of the molecule is CCOc1cccc2c1Oc1c(c(=O)n(-c3ccccc3)n1CC(=O)Nc1ccc(OC)cc1)C2. The molecular formula is C27H25N3O5. The van der Waals surface area contributed by atoms with Crippen molar-refractivity contribution in [2.24, 2.45) is 0 Å². The Morgan fingerprint density at radius 3 is 2.51 bits per heavy atom. The number of anilines is 1. The van der Waals surface area contributed by atoms with E-state index in [-0.39, 0.29) is 18.0 Å². The molecule has 0 fully saturated rings. The van der Waals surface area contributed by atoms with Crippen molar-refractivity contribution in [2.45, 2.75) is 19.9 Å². The highest BCUT2D eigenvalue weighted by Gasteiger charge is 2.30. The van der Waals surface area contributed by atoms with Gasteiger partial charge in [0, 0.05) is 17.7 Å². The molecule has 1 aliphatic rings. The molecule has 8 nitrogen and oxygen atoms in total. The fraction of sp³-hybridized carbons (Fsp3) is 0.185. The predicted molar refractivity (Wildman–Crippen MR) is 132 cm³/mol. The van der Waals surface area contributed by atoms with Gasteiger partial charge < -0.3 is 19.5 Å². The molecule has 1 amide bonds. The lowest BCUT2D eigenvalue weighted by Crippen LogP contribution is -2.27. The number of benzene rings is 3. The quantitative estimate of drug-likeness (QED) is 0.381. The van der Waals surface area contributed by atoms with E-state index in [1.54, 1.807) is 36.1 Å². The Balaban J connectivity index is 1.55. The number of carbonyl (C=O) groups excluding carboxylic acids is 1. The van der Waals surface area contributed by atoms with Gasteiger partial charge in [-0.15, -0.1) is 0 Å². The minimum absolute atomic E-state index is 0.127. The Morgan fingerprint density at radius 2 is 1.80 bits per heavy atom. The van der Waals surface area contributed by atoms with E-state index in [1.165, 1.54) is 4.68 Å². The van der Waals surface area contributed by atoms with E-state index in [0.29, 0.717) is 53.1 Å². The summed E-state index contributed by atoms with van der Waals surface area (Å²) in [6.45, 7) is 2.26. The Labute approximate surface area is 202 Å². The third-order valence-corrected chi connectivity index (χ3v) is 5.78. The minimum atomic E-state index is -0.301. The number of para-hydroxylation sites is 2. The summed E-state index contributed by atoms with van der Waals surface area (Å²) in [4.78, 5) is 26.6. The van der Waals surface area contributed by atoms with Gasteiger partial charge in [-0.25, -0.2) is 9.36 Å². The summed E-state index contributed by atoms with van der Waals surface area (Å²) < 4.78 is 20.3. The number of ether oxygens (including phenoxy) is 3. The van der Waals surface area contributed by atoms with E-state index in [4.69, 9.17) is 14.2 Å². The van der Waals surface area contributed by atoms with Crippen molar-refractivity contribution in [2.75, 3.05) is 19.0 Å². The molecule has 1 aliphatic heterocycles. The predicted octanol–water partition coefficient (Wildman–Crippen LogP) is 4.38. The molecule has 0 bridgehead atoms. The Morgan fingerprint density at radius 1 is 1.03 bits per heavy atom. The average Bonchev–Trinajstić information content (AvgIpc) is 3.14. The van der Waals surface area contributed by atoms with Crippen molar-refractivity contribution < 1.29 is 19.0 Å². The number of amides is 1. The average molecular weight is 472 g/mol. The van der Waals surface area contributed by atoms with Crippen molar-refractivity contribution in [3.63, 3.8) is 0 Å². The van der Waals surface area contributed by atoms with Gasteiger partial charge in [-0.3, -0.25) is 9.59 Å². The molecule has 5 rings (SSSR count). The van der Waals surface area contributed by atoms with Gasteiger partial charge in [-0.2, -0.15) is 0 Å². The number of nitrogens with one attached hydrogen (secondary N) is 1. The van der Waals surface area contributed by atoms with Crippen LogP contribution >= 0.6 is 0 Å². The molecule has 0 atom stereocenters. The normalized spacial score (nSPS) is 11.7. The largest absolute Gasteiger partial charge is 0.497 e. The monoisotopic (exact) mass is 471 g/mol. The molecule has 35 heavy (non-hydrogen) atoms. The van der Waals surface area contributed by atoms with Gasteiger partial charge in [0.15, 0.2) is 11.5 Å². The summed E-state index contributed by atoms with van der Waals surface area (Å²) >= 11 is 0. The second-order valence-electron chi connectivity index (χ2n) is 8.03. The molecule has 178 valence electrons. The fourth-order valence-electron chi connectivity index (χ4n) is 4.19. The van der Waals surface area contributed by atoms with Crippen LogP contribution in [0.1, 0.15) is 18.1 Å². The first-order valence-electron chi connectivity index (χ1n) is 11.4. The van der Waals surface area contributed by atoms with Gasteiger partial charge in [0.05, 0.1) is 25.0 Å². The van der Waals surface area contributed by atoms with Gasteiger partial charge in [0.1, 0.15) is 12.3 Å². The summed E-state index contributed by atoms with van der Waals surface area (Å²) in [5, 5.41) is 2.88. The maximum absolute atomic E-state index is 13.6. The molecule has 8 heteroatoms. The highest BCUT2D eigenvalue weighted by atomic mass is 16.5. The molecule has 1 aromatic heterocycles. The first-order chi connectivity index (χ1) is 17.1. The number of hydrogen-bond donors (Lipinski definition) is 1. The third kappa shape index (κ3) is 4.26. The Hall–Kier alpha value is -4.46. The number of aromatic nitrogens is 2. The van der Waals surface area contributed by atoms with E-state index in [2.05, 4.69) is 5.32 Å². The molecule has 0 saturated heterocycles. The summed E-state index contributed by atoms with van der Waals surface area (Å²) in [6.07, 6.45) is 0.379. The van der Waals surface area contributed by atoms with Crippen LogP contribution in [0.2, 0.25) is 0 Å². The fourth-order valence-corrected chi connectivity index (χ4v) is 4.19. The smallest absolute Gasteiger partial charge is 0.278 e. The standard InChI is InChI=1S/C27H25N3O5/c1-3-34-23-11-7-8-18-16-22-26(32)30(20-9-5-4-6-10-20)29(27(22)35-25(18)23)17-24(31)28-19-12-14-21(33-2)15-13-19/h4-15H,3,16-17H2,1-2H3,(H,28,31). The van der Waals surface area contributed by atoms with Gasteiger partial charge in [-0.05, 0) is 49.4 Å². The van der Waals surface area contributed by atoms with Crippen LogP contribution in [-0.4, -0.2) is 29.0 Å². The maximum atomic E-state index is 13.6. The molecular weight excluding hydrogens is 446 g/mol. The maximum Gasteiger partial charge on any atom is 0.278 e. The highest BCUT2D eigenvalue weighted by molar-refractivity contribution is 5.90. The zero-order valence-electron chi connectivity index (χ0n) is 19.5. The Kier molecular flexibility index (Phi) is 6.01. The van der Waals surface area contributed by atoms with Crippen molar-refractivity contribution in [3.8, 4) is 28.8 Å². The molecule has 1 N–H and O–H groups in total. The molecule has 0 aliphatic carbocycles. The lowest BCUT2D eigenvalue weighted by molar-refractivity contribution is -0.117. The van der Waals surface area contributed by atoms with Gasteiger partial charge in [0.25, 0.3) is 5.56 Å². The molecule has 0 unspecified atom stereocenters. The zero-order chi connectivity index (χ0) is 24.4. The number of rotatable bonds is 7. The van der Waals surface area contributed by atoms with E-state index < -0.39 is 0 Å². The van der Waals surface area contributed by atoms with Crippen LogP contribution in [0.15, 0.2) is 77.6 Å². The van der Waals surface area contributed by atoms with Crippen LogP contribution in [-0.2, 0) is 17.8 Å². The van der Waals surface area contributed by atoms with E-state index in [0.717, 1.165) is 5.56 Å². The van der Waals surface area contributed by atoms with Crippen molar-refractivity contribution in [1.29, 1.82) is 0 Å². The lowest BCUT2D eigenvalue weighted by atomic mass is 10.0. The number of carbonyl (C=O) groups is 1. The summed E-state index contributed by atoms with van der Waals surface area (Å²) in [6, 6.07) is 21.9. The topological polar surface area (TPSA) is 83.7 Å². The highest BCUT2D eigenvalue weighted by Crippen LogP contribution is 2.42. The van der Waals surface area contributed by atoms with Gasteiger partial charge >= 0.3 is 0 Å². The van der Waals surface area contributed by atoms with Crippen LogP contribution in [0.5, 0.6) is 23.1 Å². The lowest BCUT2D eigenvalue weighted by Gasteiger charge is -2.21. The molecule has 0 saturated carbocycles. The van der Waals surface area contributed by atoms with Crippen LogP contribution in [0.25, 0.3) is 5.69 Å². The van der Waals surface area contributed by atoms with Crippen LogP contribution in [0.3, 0.4) is 0 Å². The second-order valence-corrected chi connectivity index (χ2v) is 8.03. The van der Waals surface area contributed by atoms with Crippen molar-refractivity contribution in [1.82, 2.24) is 9.36 Å². The van der Waals surface area contributed by atoms with Crippen LogP contribution in [0, 0.1) is 0 Å². The number of fused-ring (bicyclic) bond motifs is 2. The van der Waals surface area contributed by atoms with Crippen LogP contribution in [0.4, 0.5) is 5.69 Å². The number of methoxy groups -OCH3 is 1. The Bertz CT molecular complexity index is 1420. The minimum Gasteiger partial charge on any atom is -0.497 e. The summed E-state index contributed by atoms with van der Waals surface area (Å²) in [5.74, 6) is 1.90. The van der Waals surface area contributed by atoms with Gasteiger partial charge in [-0.1, -0.05) is 30.3 Å². The first kappa shape index (κ1) is 22.3. The van der Waals surface area contributed by atoms with Gasteiger partial charge in [0.2, 0.25) is 11.8 Å².